The van der Waals surface area contributed by atoms with Crippen molar-refractivity contribution in [3.63, 3.8) is 0 Å². The molecule has 0 bridgehead atoms. The number of para-hydroxylation sites is 1. The van der Waals surface area contributed by atoms with E-state index in [9.17, 15) is 4.79 Å². The Morgan fingerprint density at radius 1 is 1.04 bits per heavy atom. The van der Waals surface area contributed by atoms with E-state index < -0.39 is 0 Å². The Bertz CT molecular complexity index is 697. The third-order valence-electron chi connectivity index (χ3n) is 4.15. The average molecular weight is 313 g/mol. The van der Waals surface area contributed by atoms with E-state index in [-0.39, 0.29) is 11.9 Å². The first-order valence-corrected chi connectivity index (χ1v) is 7.54. The molecule has 0 aliphatic heterocycles. The molecule has 2 aromatic carbocycles. The highest BCUT2D eigenvalue weighted by atomic mass is 16.5. The van der Waals surface area contributed by atoms with Gasteiger partial charge in [0.15, 0.2) is 0 Å². The molecule has 2 aromatic rings. The minimum atomic E-state index is -0.106. The molecule has 0 aromatic heterocycles. The number of nitrogens with zero attached hydrogens (tertiary/aromatic N) is 1. The van der Waals surface area contributed by atoms with Gasteiger partial charge in [0.05, 0.1) is 20.3 Å². The fourth-order valence-corrected chi connectivity index (χ4v) is 2.55. The molecular weight excluding hydrogens is 290 g/mol. The Morgan fingerprint density at radius 2 is 1.70 bits per heavy atom. The molecule has 1 amide bonds. The van der Waals surface area contributed by atoms with E-state index in [1.165, 1.54) is 0 Å². The highest BCUT2D eigenvalue weighted by molar-refractivity contribution is 5.94. The summed E-state index contributed by atoms with van der Waals surface area (Å²) >= 11 is 0. The lowest BCUT2D eigenvalue weighted by Crippen LogP contribution is -2.30. The highest BCUT2D eigenvalue weighted by Gasteiger charge is 2.21. The number of carbonyl (C=O) groups is 1. The molecule has 0 saturated heterocycles. The molecule has 0 aliphatic carbocycles. The van der Waals surface area contributed by atoms with Crippen molar-refractivity contribution in [3.05, 3.63) is 59.2 Å². The van der Waals surface area contributed by atoms with Crippen molar-refractivity contribution in [2.45, 2.75) is 19.9 Å². The largest absolute Gasteiger partial charge is 0.496 e. The molecule has 4 nitrogen and oxygen atoms in total. The van der Waals surface area contributed by atoms with E-state index in [4.69, 9.17) is 9.47 Å². The molecule has 2 rings (SSSR count). The summed E-state index contributed by atoms with van der Waals surface area (Å²) in [5.74, 6) is 1.44. The fourth-order valence-electron chi connectivity index (χ4n) is 2.55. The molecule has 0 fully saturated rings. The van der Waals surface area contributed by atoms with Crippen molar-refractivity contribution in [1.82, 2.24) is 4.90 Å². The predicted molar refractivity (Wildman–Crippen MR) is 91.2 cm³/mol. The molecule has 1 atom stereocenters. The van der Waals surface area contributed by atoms with Crippen molar-refractivity contribution in [3.8, 4) is 11.5 Å². The maximum Gasteiger partial charge on any atom is 0.254 e. The van der Waals surface area contributed by atoms with Gasteiger partial charge in [-0.15, -0.1) is 0 Å². The second-order valence-electron chi connectivity index (χ2n) is 5.52. The molecule has 1 unspecified atom stereocenters. The van der Waals surface area contributed by atoms with Crippen LogP contribution in [0, 0.1) is 6.92 Å². The summed E-state index contributed by atoms with van der Waals surface area (Å²) in [4.78, 5) is 14.5. The summed E-state index contributed by atoms with van der Waals surface area (Å²) in [5, 5.41) is 0. The zero-order chi connectivity index (χ0) is 17.0. The van der Waals surface area contributed by atoms with Crippen LogP contribution in [0.25, 0.3) is 0 Å². The standard InChI is InChI=1S/C19H23NO3/c1-13-10-11-15(12-18(13)23-5)19(21)20(3)14(2)16-8-6-7-9-17(16)22-4/h6-12,14H,1-5H3. The van der Waals surface area contributed by atoms with Gasteiger partial charge in [-0.2, -0.15) is 0 Å². The zero-order valence-corrected chi connectivity index (χ0v) is 14.3. The second-order valence-corrected chi connectivity index (χ2v) is 5.52. The minimum absolute atomic E-state index is 0.0540. The first kappa shape index (κ1) is 16.9. The molecular formula is C19H23NO3. The van der Waals surface area contributed by atoms with Crippen LogP contribution in [0.15, 0.2) is 42.5 Å². The summed E-state index contributed by atoms with van der Waals surface area (Å²) in [6.07, 6.45) is 0. The molecule has 0 N–H and O–H groups in total. The summed E-state index contributed by atoms with van der Waals surface area (Å²) in [5.41, 5.74) is 2.59. The SMILES string of the molecule is COc1cc(C(=O)N(C)C(C)c2ccccc2OC)ccc1C. The van der Waals surface area contributed by atoms with Crippen LogP contribution in [-0.4, -0.2) is 32.1 Å². The van der Waals surface area contributed by atoms with Crippen LogP contribution in [0.5, 0.6) is 11.5 Å². The molecule has 23 heavy (non-hydrogen) atoms. The van der Waals surface area contributed by atoms with Crippen LogP contribution in [0.1, 0.15) is 34.5 Å². The number of hydrogen-bond donors (Lipinski definition) is 0. The van der Waals surface area contributed by atoms with Crippen LogP contribution in [0.4, 0.5) is 0 Å². The third-order valence-corrected chi connectivity index (χ3v) is 4.15. The molecule has 4 heteroatoms. The molecule has 0 spiro atoms. The van der Waals surface area contributed by atoms with Crippen molar-refractivity contribution in [1.29, 1.82) is 0 Å². The summed E-state index contributed by atoms with van der Waals surface area (Å²) < 4.78 is 10.7. The lowest BCUT2D eigenvalue weighted by atomic mass is 10.0. The maximum absolute atomic E-state index is 12.8. The number of benzene rings is 2. The summed E-state index contributed by atoms with van der Waals surface area (Å²) in [6, 6.07) is 13.1. The van der Waals surface area contributed by atoms with Gasteiger partial charge in [0.25, 0.3) is 5.91 Å². The van der Waals surface area contributed by atoms with E-state index in [0.29, 0.717) is 11.3 Å². The van der Waals surface area contributed by atoms with E-state index in [1.54, 1.807) is 32.2 Å². The molecule has 0 saturated carbocycles. The molecule has 0 radical (unpaired) electrons. The number of aryl methyl sites for hydroxylation is 1. The van der Waals surface area contributed by atoms with Crippen molar-refractivity contribution < 1.29 is 14.3 Å². The van der Waals surface area contributed by atoms with E-state index >= 15 is 0 Å². The smallest absolute Gasteiger partial charge is 0.254 e. The lowest BCUT2D eigenvalue weighted by Gasteiger charge is -2.27. The van der Waals surface area contributed by atoms with Crippen molar-refractivity contribution in [2.24, 2.45) is 0 Å². The zero-order valence-electron chi connectivity index (χ0n) is 14.3. The Labute approximate surface area is 137 Å². The van der Waals surface area contributed by atoms with Gasteiger partial charge in [-0.25, -0.2) is 0 Å². The monoisotopic (exact) mass is 313 g/mol. The van der Waals surface area contributed by atoms with E-state index in [1.807, 2.05) is 50.2 Å². The van der Waals surface area contributed by atoms with Crippen LogP contribution in [0.3, 0.4) is 0 Å². The number of rotatable bonds is 5. The highest BCUT2D eigenvalue weighted by Crippen LogP contribution is 2.29. The Kier molecular flexibility index (Phi) is 5.27. The minimum Gasteiger partial charge on any atom is -0.496 e. The number of carbonyl (C=O) groups excluding carboxylic acids is 1. The van der Waals surface area contributed by atoms with Gasteiger partial charge >= 0.3 is 0 Å². The summed E-state index contributed by atoms with van der Waals surface area (Å²) in [7, 11) is 5.04. The Morgan fingerprint density at radius 3 is 2.35 bits per heavy atom. The van der Waals surface area contributed by atoms with Gasteiger partial charge < -0.3 is 14.4 Å². The van der Waals surface area contributed by atoms with Gasteiger partial charge in [-0.1, -0.05) is 24.3 Å². The second kappa shape index (κ2) is 7.18. The Hall–Kier alpha value is -2.49. The number of amides is 1. The quantitative estimate of drug-likeness (QED) is 0.841. The third kappa shape index (κ3) is 3.47. The fraction of sp³-hybridized carbons (Fsp3) is 0.316. The Balaban J connectivity index is 2.28. The number of ether oxygens (including phenoxy) is 2. The number of methoxy groups -OCH3 is 2. The first-order chi connectivity index (χ1) is 11.0. The van der Waals surface area contributed by atoms with Crippen LogP contribution < -0.4 is 9.47 Å². The van der Waals surface area contributed by atoms with Crippen LogP contribution in [-0.2, 0) is 0 Å². The maximum atomic E-state index is 12.8. The summed E-state index contributed by atoms with van der Waals surface area (Å²) in [6.45, 7) is 3.94. The van der Waals surface area contributed by atoms with E-state index in [2.05, 4.69) is 0 Å². The topological polar surface area (TPSA) is 38.8 Å². The molecule has 0 aliphatic rings. The van der Waals surface area contributed by atoms with Crippen molar-refractivity contribution in [2.75, 3.05) is 21.3 Å². The van der Waals surface area contributed by atoms with E-state index in [0.717, 1.165) is 16.9 Å². The average Bonchev–Trinajstić information content (AvgIpc) is 2.60. The van der Waals surface area contributed by atoms with Crippen LogP contribution in [0.2, 0.25) is 0 Å². The van der Waals surface area contributed by atoms with Gasteiger partial charge in [0.2, 0.25) is 0 Å². The van der Waals surface area contributed by atoms with Gasteiger partial charge in [-0.05, 0) is 37.6 Å². The van der Waals surface area contributed by atoms with Gasteiger partial charge in [0, 0.05) is 18.2 Å². The molecule has 122 valence electrons. The number of hydrogen-bond acceptors (Lipinski definition) is 3. The normalized spacial score (nSPS) is 11.7. The van der Waals surface area contributed by atoms with Crippen molar-refractivity contribution >= 4 is 5.91 Å². The van der Waals surface area contributed by atoms with Crippen LogP contribution >= 0.6 is 0 Å². The molecule has 0 heterocycles. The van der Waals surface area contributed by atoms with Gasteiger partial charge in [-0.3, -0.25) is 4.79 Å². The lowest BCUT2D eigenvalue weighted by molar-refractivity contribution is 0.0740. The predicted octanol–water partition coefficient (Wildman–Crippen LogP) is 3.85. The first-order valence-electron chi connectivity index (χ1n) is 7.54. The van der Waals surface area contributed by atoms with Gasteiger partial charge in [0.1, 0.15) is 11.5 Å².